The highest BCUT2D eigenvalue weighted by molar-refractivity contribution is 5.28. The summed E-state index contributed by atoms with van der Waals surface area (Å²) >= 11 is 0. The third kappa shape index (κ3) is 2.56. The number of fused-ring (bicyclic) bond motifs is 1. The lowest BCUT2D eigenvalue weighted by atomic mass is 9.91. The van der Waals surface area contributed by atoms with E-state index in [9.17, 15) is 0 Å². The molecule has 96 valence electrons. The van der Waals surface area contributed by atoms with Crippen LogP contribution < -0.4 is 0 Å². The van der Waals surface area contributed by atoms with Gasteiger partial charge in [-0.15, -0.1) is 0 Å². The van der Waals surface area contributed by atoms with Crippen LogP contribution in [0.15, 0.2) is 0 Å². The second kappa shape index (κ2) is 5.70. The maximum Gasteiger partial charge on any atom is 0.0687 e. The second-order valence-electron chi connectivity index (χ2n) is 5.41. The summed E-state index contributed by atoms with van der Waals surface area (Å²) < 4.78 is 2.28. The third-order valence-electron chi connectivity index (χ3n) is 4.05. The van der Waals surface area contributed by atoms with E-state index in [1.165, 1.54) is 61.9 Å². The first-order valence-corrected chi connectivity index (χ1v) is 7.34. The van der Waals surface area contributed by atoms with E-state index >= 15 is 0 Å². The summed E-state index contributed by atoms with van der Waals surface area (Å²) in [4.78, 5) is 0. The van der Waals surface area contributed by atoms with Crippen LogP contribution in [0.5, 0.6) is 0 Å². The summed E-state index contributed by atoms with van der Waals surface area (Å²) in [6, 6.07) is 0. The first-order valence-electron chi connectivity index (χ1n) is 7.34. The summed E-state index contributed by atoms with van der Waals surface area (Å²) in [6.07, 6.45) is 9.02. The van der Waals surface area contributed by atoms with Crippen molar-refractivity contribution in [1.29, 1.82) is 0 Å². The van der Waals surface area contributed by atoms with E-state index in [-0.39, 0.29) is 0 Å². The van der Waals surface area contributed by atoms with Gasteiger partial charge >= 0.3 is 0 Å². The highest BCUT2D eigenvalue weighted by Crippen LogP contribution is 2.31. The Hall–Kier alpha value is -0.790. The van der Waals surface area contributed by atoms with Crippen molar-refractivity contribution >= 4 is 0 Å². The number of nitrogens with zero attached hydrogens (tertiary/aromatic N) is 2. The van der Waals surface area contributed by atoms with Crippen LogP contribution in [0.4, 0.5) is 0 Å². The Morgan fingerprint density at radius 1 is 1.18 bits per heavy atom. The molecule has 2 heterocycles. The molecule has 0 saturated heterocycles. The van der Waals surface area contributed by atoms with Crippen molar-refractivity contribution in [1.82, 2.24) is 9.78 Å². The number of aryl methyl sites for hydroxylation is 1. The number of hydrogen-bond acceptors (Lipinski definition) is 1. The molecule has 1 aromatic heterocycles. The fraction of sp³-hybridized carbons (Fsp3) is 0.800. The van der Waals surface area contributed by atoms with Crippen molar-refractivity contribution < 1.29 is 0 Å². The molecule has 0 aromatic carbocycles. The number of aromatic nitrogens is 2. The SMILES string of the molecule is CCCC(CCC)c1nn2c(c1C)CCCC2. The summed E-state index contributed by atoms with van der Waals surface area (Å²) in [6.45, 7) is 8.00. The van der Waals surface area contributed by atoms with Gasteiger partial charge in [-0.2, -0.15) is 5.10 Å². The van der Waals surface area contributed by atoms with E-state index in [1.54, 1.807) is 0 Å². The largest absolute Gasteiger partial charge is 0.269 e. The second-order valence-corrected chi connectivity index (χ2v) is 5.41. The summed E-state index contributed by atoms with van der Waals surface area (Å²) in [5, 5.41) is 4.90. The van der Waals surface area contributed by atoms with Crippen LogP contribution in [0.3, 0.4) is 0 Å². The molecule has 0 fully saturated rings. The molecule has 17 heavy (non-hydrogen) atoms. The standard InChI is InChI=1S/C15H26N2/c1-4-8-13(9-5-2)15-12(3)14-10-6-7-11-17(14)16-15/h13H,4-11H2,1-3H3. The minimum atomic E-state index is 0.697. The lowest BCUT2D eigenvalue weighted by molar-refractivity contribution is 0.472. The van der Waals surface area contributed by atoms with Crippen molar-refractivity contribution in [3.63, 3.8) is 0 Å². The molecule has 1 aromatic rings. The maximum atomic E-state index is 4.90. The zero-order valence-corrected chi connectivity index (χ0v) is 11.6. The molecule has 2 nitrogen and oxygen atoms in total. The van der Waals surface area contributed by atoms with Crippen LogP contribution in [-0.2, 0) is 13.0 Å². The van der Waals surface area contributed by atoms with Crippen LogP contribution in [0.25, 0.3) is 0 Å². The Labute approximate surface area is 105 Å². The summed E-state index contributed by atoms with van der Waals surface area (Å²) in [7, 11) is 0. The average Bonchev–Trinajstić information content (AvgIpc) is 2.67. The van der Waals surface area contributed by atoms with Gasteiger partial charge in [-0.3, -0.25) is 4.68 Å². The molecule has 0 atom stereocenters. The molecule has 1 aliphatic heterocycles. The van der Waals surface area contributed by atoms with Gasteiger partial charge in [-0.05, 0) is 44.6 Å². The lowest BCUT2D eigenvalue weighted by Gasteiger charge is -2.13. The van der Waals surface area contributed by atoms with Crippen LogP contribution in [-0.4, -0.2) is 9.78 Å². The molecule has 2 heteroatoms. The minimum Gasteiger partial charge on any atom is -0.269 e. The fourth-order valence-electron chi connectivity index (χ4n) is 3.16. The van der Waals surface area contributed by atoms with Gasteiger partial charge in [0, 0.05) is 18.2 Å². The van der Waals surface area contributed by atoms with Gasteiger partial charge in [0.25, 0.3) is 0 Å². The molecule has 0 saturated carbocycles. The highest BCUT2D eigenvalue weighted by Gasteiger charge is 2.22. The molecule has 0 bridgehead atoms. The van der Waals surface area contributed by atoms with E-state index < -0.39 is 0 Å². The van der Waals surface area contributed by atoms with Gasteiger partial charge in [0.05, 0.1) is 5.69 Å². The van der Waals surface area contributed by atoms with Crippen LogP contribution in [0.2, 0.25) is 0 Å². The van der Waals surface area contributed by atoms with E-state index in [4.69, 9.17) is 5.10 Å². The van der Waals surface area contributed by atoms with E-state index in [1.807, 2.05) is 0 Å². The summed E-state index contributed by atoms with van der Waals surface area (Å²) in [5.41, 5.74) is 4.42. The molecule has 1 aliphatic rings. The molecule has 0 N–H and O–H groups in total. The minimum absolute atomic E-state index is 0.697. The predicted molar refractivity (Wildman–Crippen MR) is 72.5 cm³/mol. The van der Waals surface area contributed by atoms with E-state index in [0.29, 0.717) is 5.92 Å². The van der Waals surface area contributed by atoms with Crippen molar-refractivity contribution in [3.05, 3.63) is 17.0 Å². The average molecular weight is 234 g/mol. The zero-order valence-electron chi connectivity index (χ0n) is 11.6. The van der Waals surface area contributed by atoms with Crippen molar-refractivity contribution in [2.75, 3.05) is 0 Å². The molecule has 0 spiro atoms. The van der Waals surface area contributed by atoms with Gasteiger partial charge in [-0.25, -0.2) is 0 Å². The van der Waals surface area contributed by atoms with Crippen LogP contribution in [0, 0.1) is 6.92 Å². The molecular formula is C15H26N2. The van der Waals surface area contributed by atoms with E-state index in [0.717, 1.165) is 6.54 Å². The zero-order chi connectivity index (χ0) is 12.3. The van der Waals surface area contributed by atoms with Crippen LogP contribution in [0.1, 0.15) is 75.2 Å². The van der Waals surface area contributed by atoms with Crippen LogP contribution >= 0.6 is 0 Å². The Morgan fingerprint density at radius 2 is 1.88 bits per heavy atom. The monoisotopic (exact) mass is 234 g/mol. The smallest absolute Gasteiger partial charge is 0.0687 e. The van der Waals surface area contributed by atoms with Gasteiger partial charge in [0.15, 0.2) is 0 Å². The molecule has 0 unspecified atom stereocenters. The molecule has 0 aliphatic carbocycles. The Balaban J connectivity index is 2.26. The lowest BCUT2D eigenvalue weighted by Crippen LogP contribution is -2.11. The quantitative estimate of drug-likeness (QED) is 0.746. The third-order valence-corrected chi connectivity index (χ3v) is 4.05. The summed E-state index contributed by atoms with van der Waals surface area (Å²) in [5.74, 6) is 0.697. The first-order chi connectivity index (χ1) is 8.27. The van der Waals surface area contributed by atoms with Gasteiger partial charge < -0.3 is 0 Å². The fourth-order valence-corrected chi connectivity index (χ4v) is 3.16. The van der Waals surface area contributed by atoms with Gasteiger partial charge in [-0.1, -0.05) is 26.7 Å². The number of rotatable bonds is 5. The Morgan fingerprint density at radius 3 is 2.47 bits per heavy atom. The molecule has 0 amide bonds. The first kappa shape index (κ1) is 12.7. The molecular weight excluding hydrogens is 208 g/mol. The van der Waals surface area contributed by atoms with Crippen molar-refractivity contribution in [2.24, 2.45) is 0 Å². The Kier molecular flexibility index (Phi) is 4.25. The highest BCUT2D eigenvalue weighted by atomic mass is 15.3. The number of hydrogen-bond donors (Lipinski definition) is 0. The predicted octanol–water partition coefficient (Wildman–Crippen LogP) is 4.21. The van der Waals surface area contributed by atoms with Crippen molar-refractivity contribution in [2.45, 2.75) is 78.2 Å². The maximum absolute atomic E-state index is 4.90. The van der Waals surface area contributed by atoms with Gasteiger partial charge in [0.1, 0.15) is 0 Å². The normalized spacial score (nSPS) is 15.3. The Bertz CT molecular complexity index is 359. The molecule has 2 rings (SSSR count). The van der Waals surface area contributed by atoms with E-state index in [2.05, 4.69) is 25.5 Å². The van der Waals surface area contributed by atoms with Gasteiger partial charge in [0.2, 0.25) is 0 Å². The molecule has 0 radical (unpaired) electrons. The topological polar surface area (TPSA) is 17.8 Å². The van der Waals surface area contributed by atoms with Crippen molar-refractivity contribution in [3.8, 4) is 0 Å².